The van der Waals surface area contributed by atoms with Crippen molar-refractivity contribution >= 4 is 0 Å². The second kappa shape index (κ2) is 7.28. The van der Waals surface area contributed by atoms with Crippen LogP contribution >= 0.6 is 0 Å². The van der Waals surface area contributed by atoms with Gasteiger partial charge in [-0.15, -0.1) is 0 Å². The molecule has 2 unspecified atom stereocenters. The van der Waals surface area contributed by atoms with Gasteiger partial charge in [0.25, 0.3) is 0 Å². The molecule has 2 aromatic rings. The number of para-hydroxylation sites is 1. The number of nitrogens with two attached hydrogens (primary N) is 1. The van der Waals surface area contributed by atoms with Crippen LogP contribution in [0.5, 0.6) is 11.5 Å². The maximum atomic E-state index is 6.06. The van der Waals surface area contributed by atoms with Gasteiger partial charge in [-0.2, -0.15) is 0 Å². The Morgan fingerprint density at radius 2 is 1.62 bits per heavy atom. The van der Waals surface area contributed by atoms with E-state index in [0.717, 1.165) is 29.9 Å². The normalized spacial score (nSPS) is 13.7. The fraction of sp³-hybridized carbons (Fsp3) is 0.368. The first kappa shape index (κ1) is 15.6. The van der Waals surface area contributed by atoms with Gasteiger partial charge in [0.15, 0.2) is 0 Å². The van der Waals surface area contributed by atoms with Crippen molar-refractivity contribution in [1.82, 2.24) is 0 Å². The van der Waals surface area contributed by atoms with Crippen LogP contribution in [0.15, 0.2) is 48.5 Å². The van der Waals surface area contributed by atoms with Gasteiger partial charge >= 0.3 is 0 Å². The molecule has 0 spiro atoms. The number of hydrogen-bond donors (Lipinski definition) is 1. The number of rotatable bonds is 6. The van der Waals surface area contributed by atoms with Gasteiger partial charge in [0.05, 0.1) is 0 Å². The first-order valence-corrected chi connectivity index (χ1v) is 7.78. The van der Waals surface area contributed by atoms with Gasteiger partial charge in [-0.1, -0.05) is 51.1 Å². The summed E-state index contributed by atoms with van der Waals surface area (Å²) < 4.78 is 6.06. The van der Waals surface area contributed by atoms with Crippen molar-refractivity contribution < 1.29 is 4.74 Å². The smallest absolute Gasteiger partial charge is 0.130 e. The summed E-state index contributed by atoms with van der Waals surface area (Å²) in [5, 5.41) is 0. The minimum Gasteiger partial charge on any atom is -0.457 e. The second-order valence-electron chi connectivity index (χ2n) is 5.53. The molecule has 2 rings (SSSR count). The summed E-state index contributed by atoms with van der Waals surface area (Å²) in [6.45, 7) is 6.52. The lowest BCUT2D eigenvalue weighted by molar-refractivity contribution is 0.470. The second-order valence-corrected chi connectivity index (χ2v) is 5.53. The van der Waals surface area contributed by atoms with E-state index in [0.29, 0.717) is 5.92 Å². The number of benzene rings is 2. The van der Waals surface area contributed by atoms with Crippen LogP contribution in [0.3, 0.4) is 0 Å². The molecule has 0 aromatic heterocycles. The Morgan fingerprint density at radius 1 is 0.952 bits per heavy atom. The maximum Gasteiger partial charge on any atom is 0.130 e. The molecule has 2 N–H and O–H groups in total. The highest BCUT2D eigenvalue weighted by molar-refractivity contribution is 5.40. The largest absolute Gasteiger partial charge is 0.457 e. The first-order valence-electron chi connectivity index (χ1n) is 7.78. The molecule has 0 saturated carbocycles. The van der Waals surface area contributed by atoms with Gasteiger partial charge < -0.3 is 10.5 Å². The molecule has 0 radical (unpaired) electrons. The molecular weight excluding hydrogens is 258 g/mol. The van der Waals surface area contributed by atoms with E-state index in [-0.39, 0.29) is 6.04 Å². The lowest BCUT2D eigenvalue weighted by Gasteiger charge is -2.16. The molecule has 0 aliphatic rings. The average molecular weight is 283 g/mol. The standard InChI is InChI=1S/C19H25NO/c1-4-14(3)17-8-6-7-9-19(17)21-16-12-10-15(11-13-16)18(20)5-2/h6-14,18H,4-5,20H2,1-3H3. The molecule has 2 nitrogen and oxygen atoms in total. The first-order chi connectivity index (χ1) is 10.2. The van der Waals surface area contributed by atoms with Crippen LogP contribution in [0.1, 0.15) is 56.7 Å². The SMILES string of the molecule is CCC(C)c1ccccc1Oc1ccc(C(N)CC)cc1. The highest BCUT2D eigenvalue weighted by atomic mass is 16.5. The fourth-order valence-corrected chi connectivity index (χ4v) is 2.35. The van der Waals surface area contributed by atoms with Gasteiger partial charge in [-0.25, -0.2) is 0 Å². The van der Waals surface area contributed by atoms with Crippen LogP contribution in [0.4, 0.5) is 0 Å². The maximum absolute atomic E-state index is 6.06. The Morgan fingerprint density at radius 3 is 2.24 bits per heavy atom. The van der Waals surface area contributed by atoms with E-state index in [1.165, 1.54) is 5.56 Å². The fourth-order valence-electron chi connectivity index (χ4n) is 2.35. The predicted molar refractivity (Wildman–Crippen MR) is 88.9 cm³/mol. The van der Waals surface area contributed by atoms with Gasteiger partial charge in [0.1, 0.15) is 11.5 Å². The van der Waals surface area contributed by atoms with E-state index in [2.05, 4.69) is 45.0 Å². The zero-order chi connectivity index (χ0) is 15.2. The highest BCUT2D eigenvalue weighted by Gasteiger charge is 2.10. The van der Waals surface area contributed by atoms with Gasteiger partial charge in [0, 0.05) is 6.04 Å². The van der Waals surface area contributed by atoms with Crippen molar-refractivity contribution in [3.05, 3.63) is 59.7 Å². The van der Waals surface area contributed by atoms with Crippen molar-refractivity contribution in [2.24, 2.45) is 5.73 Å². The molecule has 21 heavy (non-hydrogen) atoms. The highest BCUT2D eigenvalue weighted by Crippen LogP contribution is 2.32. The third-order valence-corrected chi connectivity index (χ3v) is 4.04. The molecule has 0 saturated heterocycles. The van der Waals surface area contributed by atoms with Gasteiger partial charge in [-0.05, 0) is 48.1 Å². The van der Waals surface area contributed by atoms with E-state index in [1.54, 1.807) is 0 Å². The van der Waals surface area contributed by atoms with E-state index >= 15 is 0 Å². The minimum atomic E-state index is 0.103. The van der Waals surface area contributed by atoms with Crippen molar-refractivity contribution in [3.63, 3.8) is 0 Å². The summed E-state index contributed by atoms with van der Waals surface area (Å²) in [6, 6.07) is 16.5. The molecule has 0 amide bonds. The Bertz CT molecular complexity index is 562. The third kappa shape index (κ3) is 3.85. The van der Waals surface area contributed by atoms with E-state index in [9.17, 15) is 0 Å². The summed E-state index contributed by atoms with van der Waals surface area (Å²) in [7, 11) is 0. The summed E-state index contributed by atoms with van der Waals surface area (Å²) in [5.74, 6) is 2.30. The quantitative estimate of drug-likeness (QED) is 0.770. The summed E-state index contributed by atoms with van der Waals surface area (Å²) in [4.78, 5) is 0. The van der Waals surface area contributed by atoms with Crippen LogP contribution in [0.25, 0.3) is 0 Å². The van der Waals surface area contributed by atoms with Crippen molar-refractivity contribution in [2.45, 2.75) is 45.6 Å². The Hall–Kier alpha value is -1.80. The van der Waals surface area contributed by atoms with Crippen LogP contribution in [-0.2, 0) is 0 Å². The molecule has 0 aliphatic heterocycles. The molecule has 2 aromatic carbocycles. The molecule has 112 valence electrons. The van der Waals surface area contributed by atoms with E-state index in [4.69, 9.17) is 10.5 Å². The molecule has 0 bridgehead atoms. The molecule has 2 atom stereocenters. The number of ether oxygens (including phenoxy) is 1. The molecule has 0 fully saturated rings. The lowest BCUT2D eigenvalue weighted by atomic mass is 9.98. The van der Waals surface area contributed by atoms with Crippen LogP contribution < -0.4 is 10.5 Å². The lowest BCUT2D eigenvalue weighted by Crippen LogP contribution is -2.08. The van der Waals surface area contributed by atoms with Crippen molar-refractivity contribution in [3.8, 4) is 11.5 Å². The van der Waals surface area contributed by atoms with Crippen LogP contribution in [0, 0.1) is 0 Å². The summed E-state index contributed by atoms with van der Waals surface area (Å²) in [5.41, 5.74) is 8.45. The topological polar surface area (TPSA) is 35.2 Å². The molecule has 0 aliphatic carbocycles. The van der Waals surface area contributed by atoms with E-state index in [1.807, 2.05) is 24.3 Å². The average Bonchev–Trinajstić information content (AvgIpc) is 2.54. The van der Waals surface area contributed by atoms with Crippen LogP contribution in [0.2, 0.25) is 0 Å². The van der Waals surface area contributed by atoms with E-state index < -0.39 is 0 Å². The van der Waals surface area contributed by atoms with Crippen molar-refractivity contribution in [1.29, 1.82) is 0 Å². The Balaban J connectivity index is 2.19. The third-order valence-electron chi connectivity index (χ3n) is 4.04. The number of hydrogen-bond acceptors (Lipinski definition) is 2. The molecule has 0 heterocycles. The Labute approximate surface area is 127 Å². The van der Waals surface area contributed by atoms with Gasteiger partial charge in [0.2, 0.25) is 0 Å². The predicted octanol–water partition coefficient (Wildman–Crippen LogP) is 5.40. The summed E-state index contributed by atoms with van der Waals surface area (Å²) >= 11 is 0. The minimum absolute atomic E-state index is 0.103. The zero-order valence-electron chi connectivity index (χ0n) is 13.2. The van der Waals surface area contributed by atoms with Crippen molar-refractivity contribution in [2.75, 3.05) is 0 Å². The van der Waals surface area contributed by atoms with Crippen LogP contribution in [-0.4, -0.2) is 0 Å². The Kier molecular flexibility index (Phi) is 5.40. The molecule has 2 heteroatoms. The zero-order valence-corrected chi connectivity index (χ0v) is 13.2. The molecular formula is C19H25NO. The van der Waals surface area contributed by atoms with Gasteiger partial charge in [-0.3, -0.25) is 0 Å². The summed E-state index contributed by atoms with van der Waals surface area (Å²) in [6.07, 6.45) is 2.04. The monoisotopic (exact) mass is 283 g/mol.